The zero-order valence-corrected chi connectivity index (χ0v) is 16.0. The Kier molecular flexibility index (Phi) is 6.52. The van der Waals surface area contributed by atoms with Gasteiger partial charge in [-0.3, -0.25) is 9.78 Å². The fraction of sp³-hybridized carbons (Fsp3) is 0.143. The van der Waals surface area contributed by atoms with Crippen LogP contribution in [0.5, 0.6) is 0 Å². The number of hydrogen-bond donors (Lipinski definition) is 2. The predicted molar refractivity (Wildman–Crippen MR) is 107 cm³/mol. The van der Waals surface area contributed by atoms with Crippen LogP contribution in [0.25, 0.3) is 0 Å². The molecular weight excluding hydrogens is 374 g/mol. The molecule has 0 aliphatic heterocycles. The summed E-state index contributed by atoms with van der Waals surface area (Å²) in [5, 5.41) is 2.80. The summed E-state index contributed by atoms with van der Waals surface area (Å²) in [6.45, 7) is 0.291. The van der Waals surface area contributed by atoms with Gasteiger partial charge in [-0.15, -0.1) is 0 Å². The van der Waals surface area contributed by atoms with E-state index in [-0.39, 0.29) is 17.2 Å². The third-order valence-electron chi connectivity index (χ3n) is 4.17. The lowest BCUT2D eigenvalue weighted by Crippen LogP contribution is -2.47. The van der Waals surface area contributed by atoms with Crippen LogP contribution in [-0.2, 0) is 27.8 Å². The number of aromatic nitrogens is 1. The summed E-state index contributed by atoms with van der Waals surface area (Å²) >= 11 is 0. The number of carbonyl (C=O) groups excluding carboxylic acids is 1. The molecule has 0 unspecified atom stereocenters. The molecular formula is C21H21N3O3S. The summed E-state index contributed by atoms with van der Waals surface area (Å²) < 4.78 is 28.0. The summed E-state index contributed by atoms with van der Waals surface area (Å²) in [5.74, 6) is -0.389. The van der Waals surface area contributed by atoms with E-state index in [9.17, 15) is 13.2 Å². The number of amides is 1. The molecule has 0 radical (unpaired) electrons. The zero-order valence-electron chi connectivity index (χ0n) is 15.2. The molecule has 144 valence electrons. The molecule has 1 heterocycles. The summed E-state index contributed by atoms with van der Waals surface area (Å²) in [6.07, 6.45) is 3.52. The Labute approximate surface area is 164 Å². The molecule has 0 aliphatic rings. The van der Waals surface area contributed by atoms with Crippen LogP contribution in [0.2, 0.25) is 0 Å². The van der Waals surface area contributed by atoms with Gasteiger partial charge in [0.1, 0.15) is 6.04 Å². The quantitative estimate of drug-likeness (QED) is 0.613. The Morgan fingerprint density at radius 2 is 1.46 bits per heavy atom. The van der Waals surface area contributed by atoms with Crippen molar-refractivity contribution in [2.24, 2.45) is 0 Å². The summed E-state index contributed by atoms with van der Waals surface area (Å²) in [4.78, 5) is 16.8. The Morgan fingerprint density at radius 3 is 2.11 bits per heavy atom. The van der Waals surface area contributed by atoms with Gasteiger partial charge in [-0.25, -0.2) is 8.42 Å². The Hall–Kier alpha value is -3.03. The Balaban J connectivity index is 1.77. The first-order chi connectivity index (χ1) is 13.5. The molecule has 3 aromatic rings. The van der Waals surface area contributed by atoms with Gasteiger partial charge in [0.25, 0.3) is 0 Å². The van der Waals surface area contributed by atoms with Crippen molar-refractivity contribution in [3.63, 3.8) is 0 Å². The molecule has 28 heavy (non-hydrogen) atoms. The molecule has 2 aromatic carbocycles. The van der Waals surface area contributed by atoms with E-state index < -0.39 is 16.1 Å². The van der Waals surface area contributed by atoms with E-state index >= 15 is 0 Å². The molecule has 7 heteroatoms. The third-order valence-corrected chi connectivity index (χ3v) is 5.65. The number of hydrogen-bond acceptors (Lipinski definition) is 4. The third kappa shape index (κ3) is 5.48. The maximum Gasteiger partial charge on any atom is 0.241 e. The van der Waals surface area contributed by atoms with Crippen LogP contribution in [-0.4, -0.2) is 25.4 Å². The van der Waals surface area contributed by atoms with Gasteiger partial charge in [0.15, 0.2) is 0 Å². The monoisotopic (exact) mass is 395 g/mol. The average Bonchev–Trinajstić information content (AvgIpc) is 2.73. The van der Waals surface area contributed by atoms with E-state index in [0.29, 0.717) is 6.54 Å². The van der Waals surface area contributed by atoms with E-state index in [1.807, 2.05) is 30.3 Å². The van der Waals surface area contributed by atoms with E-state index in [0.717, 1.165) is 11.1 Å². The van der Waals surface area contributed by atoms with Crippen LogP contribution >= 0.6 is 0 Å². The van der Waals surface area contributed by atoms with Crippen molar-refractivity contribution >= 4 is 15.9 Å². The van der Waals surface area contributed by atoms with Gasteiger partial charge in [-0.2, -0.15) is 4.72 Å². The molecule has 1 amide bonds. The topological polar surface area (TPSA) is 88.2 Å². The van der Waals surface area contributed by atoms with Gasteiger partial charge >= 0.3 is 0 Å². The van der Waals surface area contributed by atoms with Gasteiger partial charge in [0.2, 0.25) is 15.9 Å². The van der Waals surface area contributed by atoms with Crippen molar-refractivity contribution in [3.05, 3.63) is 96.3 Å². The smallest absolute Gasteiger partial charge is 0.241 e. The number of rotatable bonds is 8. The maximum atomic E-state index is 12.8. The van der Waals surface area contributed by atoms with E-state index in [1.54, 1.807) is 42.7 Å². The first-order valence-electron chi connectivity index (χ1n) is 8.82. The van der Waals surface area contributed by atoms with Crippen LogP contribution in [0.4, 0.5) is 0 Å². The maximum absolute atomic E-state index is 12.8. The molecule has 0 aliphatic carbocycles. The first kappa shape index (κ1) is 19.7. The predicted octanol–water partition coefficient (Wildman–Crippen LogP) is 2.29. The van der Waals surface area contributed by atoms with Crippen molar-refractivity contribution in [2.75, 3.05) is 0 Å². The minimum absolute atomic E-state index is 0.120. The fourth-order valence-corrected chi connectivity index (χ4v) is 3.92. The number of nitrogens with one attached hydrogen (secondary N) is 2. The number of sulfonamides is 1. The lowest BCUT2D eigenvalue weighted by Gasteiger charge is -2.19. The summed E-state index contributed by atoms with van der Waals surface area (Å²) in [5.41, 5.74) is 1.75. The molecule has 3 rings (SSSR count). The number of benzene rings is 2. The van der Waals surface area contributed by atoms with Crippen molar-refractivity contribution in [1.82, 2.24) is 15.0 Å². The lowest BCUT2D eigenvalue weighted by atomic mass is 10.1. The summed E-state index contributed by atoms with van der Waals surface area (Å²) in [6, 6.07) is 20.0. The van der Waals surface area contributed by atoms with E-state index in [4.69, 9.17) is 0 Å². The largest absolute Gasteiger partial charge is 0.351 e. The second kappa shape index (κ2) is 9.25. The van der Waals surface area contributed by atoms with Gasteiger partial charge in [-0.05, 0) is 41.8 Å². The highest BCUT2D eigenvalue weighted by atomic mass is 32.2. The van der Waals surface area contributed by atoms with Crippen LogP contribution < -0.4 is 10.0 Å². The second-order valence-corrected chi connectivity index (χ2v) is 7.96. The standard InChI is InChI=1S/C21H21N3O3S/c25-21(23-16-18-11-13-22-14-12-18)20(15-17-7-3-1-4-8-17)24-28(26,27)19-9-5-2-6-10-19/h1-14,20,24H,15-16H2,(H,23,25)/t20-/m1/s1. The first-order valence-corrected chi connectivity index (χ1v) is 10.3. The van der Waals surface area contributed by atoms with Crippen molar-refractivity contribution in [2.45, 2.75) is 23.9 Å². The molecule has 2 N–H and O–H groups in total. The minimum atomic E-state index is -3.83. The van der Waals surface area contributed by atoms with Gasteiger partial charge in [-0.1, -0.05) is 48.5 Å². The molecule has 1 atom stereocenters. The Bertz CT molecular complexity index is 995. The average molecular weight is 395 g/mol. The van der Waals surface area contributed by atoms with Crippen molar-refractivity contribution in [1.29, 1.82) is 0 Å². The van der Waals surface area contributed by atoms with E-state index in [1.165, 1.54) is 12.1 Å². The van der Waals surface area contributed by atoms with Crippen molar-refractivity contribution in [3.8, 4) is 0 Å². The lowest BCUT2D eigenvalue weighted by molar-refractivity contribution is -0.122. The van der Waals surface area contributed by atoms with Crippen LogP contribution in [0.15, 0.2) is 90.1 Å². The number of pyridine rings is 1. The number of nitrogens with zero attached hydrogens (tertiary/aromatic N) is 1. The SMILES string of the molecule is O=C(NCc1ccncc1)[C@@H](Cc1ccccc1)NS(=O)(=O)c1ccccc1. The summed E-state index contributed by atoms with van der Waals surface area (Å²) in [7, 11) is -3.83. The molecule has 0 saturated heterocycles. The molecule has 6 nitrogen and oxygen atoms in total. The van der Waals surface area contributed by atoms with Gasteiger partial charge in [0.05, 0.1) is 4.90 Å². The normalized spacial score (nSPS) is 12.3. The highest BCUT2D eigenvalue weighted by molar-refractivity contribution is 7.89. The van der Waals surface area contributed by atoms with Crippen LogP contribution in [0.3, 0.4) is 0 Å². The number of carbonyl (C=O) groups is 1. The fourth-order valence-electron chi connectivity index (χ4n) is 2.71. The molecule has 0 spiro atoms. The van der Waals surface area contributed by atoms with Crippen LogP contribution in [0.1, 0.15) is 11.1 Å². The second-order valence-electron chi connectivity index (χ2n) is 6.25. The van der Waals surface area contributed by atoms with Crippen LogP contribution in [0, 0.1) is 0 Å². The molecule has 1 aromatic heterocycles. The molecule has 0 saturated carbocycles. The minimum Gasteiger partial charge on any atom is -0.351 e. The van der Waals surface area contributed by atoms with Crippen molar-refractivity contribution < 1.29 is 13.2 Å². The molecule has 0 bridgehead atoms. The highest BCUT2D eigenvalue weighted by Crippen LogP contribution is 2.11. The van der Waals surface area contributed by atoms with E-state index in [2.05, 4.69) is 15.0 Å². The zero-order chi connectivity index (χ0) is 19.8. The Morgan fingerprint density at radius 1 is 0.857 bits per heavy atom. The van der Waals surface area contributed by atoms with Gasteiger partial charge in [0, 0.05) is 18.9 Å². The highest BCUT2D eigenvalue weighted by Gasteiger charge is 2.25. The van der Waals surface area contributed by atoms with Gasteiger partial charge < -0.3 is 5.32 Å². The molecule has 0 fully saturated rings.